The number of hydrogen-bond donors (Lipinski definition) is 0. The zero-order chi connectivity index (χ0) is 11.5. The lowest BCUT2D eigenvalue weighted by Gasteiger charge is -2.19. The van der Waals surface area contributed by atoms with E-state index in [0.29, 0.717) is 6.42 Å². The average Bonchev–Trinajstić information content (AvgIpc) is 2.18. The van der Waals surface area contributed by atoms with Crippen LogP contribution in [0.3, 0.4) is 0 Å². The molecule has 0 fully saturated rings. The van der Waals surface area contributed by atoms with E-state index in [4.69, 9.17) is 16.3 Å². The van der Waals surface area contributed by atoms with Gasteiger partial charge in [0.05, 0.1) is 7.11 Å². The Hall–Kier alpha value is -1.02. The van der Waals surface area contributed by atoms with Crippen LogP contribution in [0.5, 0.6) is 5.75 Å². The fraction of sp³-hybridized carbons (Fsp3) is 0.417. The Bertz CT molecular complexity index is 341. The first kappa shape index (κ1) is 12.1. The Morgan fingerprint density at radius 3 is 2.27 bits per heavy atom. The van der Waals surface area contributed by atoms with E-state index in [2.05, 4.69) is 0 Å². The van der Waals surface area contributed by atoms with Gasteiger partial charge in [0.15, 0.2) is 0 Å². The van der Waals surface area contributed by atoms with E-state index in [1.54, 1.807) is 7.11 Å². The van der Waals surface area contributed by atoms with Gasteiger partial charge in [0.1, 0.15) is 5.75 Å². The molecule has 0 aliphatic heterocycles. The van der Waals surface area contributed by atoms with E-state index in [9.17, 15) is 4.79 Å². The van der Waals surface area contributed by atoms with Crippen LogP contribution in [0.1, 0.15) is 19.4 Å². The van der Waals surface area contributed by atoms with Gasteiger partial charge in [-0.05, 0) is 35.7 Å². The number of methoxy groups -OCH3 is 1. The minimum Gasteiger partial charge on any atom is -0.497 e. The van der Waals surface area contributed by atoms with Crippen molar-refractivity contribution in [2.24, 2.45) is 5.41 Å². The standard InChI is InChI=1S/C12H15ClO2/c1-12(2,11(13)14)8-9-4-6-10(15-3)7-5-9/h4-7H,8H2,1-3H3. The summed E-state index contributed by atoms with van der Waals surface area (Å²) in [6.07, 6.45) is 0.638. The van der Waals surface area contributed by atoms with Crippen LogP contribution in [-0.4, -0.2) is 12.4 Å². The Kier molecular flexibility index (Phi) is 3.75. The van der Waals surface area contributed by atoms with Crippen LogP contribution in [-0.2, 0) is 11.2 Å². The first-order chi connectivity index (χ1) is 6.95. The molecule has 82 valence electrons. The monoisotopic (exact) mass is 226 g/mol. The van der Waals surface area contributed by atoms with Gasteiger partial charge in [-0.1, -0.05) is 26.0 Å². The van der Waals surface area contributed by atoms with Crippen molar-refractivity contribution in [3.63, 3.8) is 0 Å². The Morgan fingerprint density at radius 1 is 1.33 bits per heavy atom. The summed E-state index contributed by atoms with van der Waals surface area (Å²) >= 11 is 5.51. The van der Waals surface area contributed by atoms with Crippen LogP contribution in [0.15, 0.2) is 24.3 Å². The lowest BCUT2D eigenvalue weighted by molar-refractivity contribution is -0.118. The van der Waals surface area contributed by atoms with E-state index in [-0.39, 0.29) is 5.24 Å². The fourth-order valence-electron chi connectivity index (χ4n) is 1.32. The van der Waals surface area contributed by atoms with Crippen LogP contribution >= 0.6 is 11.6 Å². The molecule has 0 aliphatic carbocycles. The largest absolute Gasteiger partial charge is 0.497 e. The topological polar surface area (TPSA) is 26.3 Å². The van der Waals surface area contributed by atoms with Crippen molar-refractivity contribution in [2.75, 3.05) is 7.11 Å². The summed E-state index contributed by atoms with van der Waals surface area (Å²) in [5.74, 6) is 0.814. The van der Waals surface area contributed by atoms with Crippen molar-refractivity contribution >= 4 is 16.8 Å². The third-order valence-corrected chi connectivity index (χ3v) is 2.85. The molecule has 1 rings (SSSR count). The highest BCUT2D eigenvalue weighted by atomic mass is 35.5. The lowest BCUT2D eigenvalue weighted by atomic mass is 9.87. The molecule has 1 aromatic carbocycles. The van der Waals surface area contributed by atoms with Crippen molar-refractivity contribution in [2.45, 2.75) is 20.3 Å². The predicted molar refractivity (Wildman–Crippen MR) is 61.3 cm³/mol. The highest BCUT2D eigenvalue weighted by Gasteiger charge is 2.25. The second kappa shape index (κ2) is 4.67. The summed E-state index contributed by atoms with van der Waals surface area (Å²) in [6, 6.07) is 7.65. The van der Waals surface area contributed by atoms with Crippen molar-refractivity contribution in [3.05, 3.63) is 29.8 Å². The smallest absolute Gasteiger partial charge is 0.227 e. The molecule has 0 aliphatic rings. The zero-order valence-corrected chi connectivity index (χ0v) is 9.97. The van der Waals surface area contributed by atoms with Gasteiger partial charge < -0.3 is 4.74 Å². The fourth-order valence-corrected chi connectivity index (χ4v) is 1.39. The molecule has 0 atom stereocenters. The van der Waals surface area contributed by atoms with Gasteiger partial charge in [0.25, 0.3) is 0 Å². The van der Waals surface area contributed by atoms with E-state index in [1.807, 2.05) is 38.1 Å². The predicted octanol–water partition coefficient (Wildman–Crippen LogP) is 3.03. The molecular formula is C12H15ClO2. The highest BCUT2D eigenvalue weighted by Crippen LogP contribution is 2.25. The van der Waals surface area contributed by atoms with E-state index < -0.39 is 5.41 Å². The first-order valence-electron chi connectivity index (χ1n) is 4.78. The molecule has 0 N–H and O–H groups in total. The number of rotatable bonds is 4. The van der Waals surface area contributed by atoms with Gasteiger partial charge in [-0.25, -0.2) is 0 Å². The van der Waals surface area contributed by atoms with E-state index >= 15 is 0 Å². The molecule has 0 heterocycles. The molecule has 15 heavy (non-hydrogen) atoms. The van der Waals surface area contributed by atoms with Crippen LogP contribution in [0.4, 0.5) is 0 Å². The van der Waals surface area contributed by atoms with E-state index in [1.165, 1.54) is 0 Å². The molecule has 0 saturated heterocycles. The van der Waals surface area contributed by atoms with Crippen molar-refractivity contribution in [1.29, 1.82) is 0 Å². The summed E-state index contributed by atoms with van der Waals surface area (Å²) in [5.41, 5.74) is 0.561. The van der Waals surface area contributed by atoms with Gasteiger partial charge in [0.2, 0.25) is 5.24 Å². The van der Waals surface area contributed by atoms with Crippen LogP contribution in [0, 0.1) is 5.41 Å². The molecule has 0 saturated carbocycles. The molecule has 0 radical (unpaired) electrons. The maximum atomic E-state index is 11.1. The number of ether oxygens (including phenoxy) is 1. The second-order valence-corrected chi connectivity index (χ2v) is 4.53. The Labute approximate surface area is 95.2 Å². The summed E-state index contributed by atoms with van der Waals surface area (Å²) in [7, 11) is 1.63. The normalized spacial score (nSPS) is 11.2. The van der Waals surface area contributed by atoms with Crippen LogP contribution in [0.2, 0.25) is 0 Å². The first-order valence-corrected chi connectivity index (χ1v) is 5.16. The van der Waals surface area contributed by atoms with E-state index in [0.717, 1.165) is 11.3 Å². The summed E-state index contributed by atoms with van der Waals surface area (Å²) in [6.45, 7) is 3.68. The maximum absolute atomic E-state index is 11.1. The quantitative estimate of drug-likeness (QED) is 0.738. The molecule has 0 spiro atoms. The molecule has 0 bridgehead atoms. The third kappa shape index (κ3) is 3.24. The molecule has 0 amide bonds. The third-order valence-electron chi connectivity index (χ3n) is 2.34. The number of carbonyl (C=O) groups is 1. The van der Waals surface area contributed by atoms with Gasteiger partial charge in [-0.3, -0.25) is 4.79 Å². The number of hydrogen-bond acceptors (Lipinski definition) is 2. The van der Waals surface area contributed by atoms with Crippen LogP contribution in [0.25, 0.3) is 0 Å². The highest BCUT2D eigenvalue weighted by molar-refractivity contribution is 6.64. The SMILES string of the molecule is COc1ccc(CC(C)(C)C(=O)Cl)cc1. The number of benzene rings is 1. The van der Waals surface area contributed by atoms with Gasteiger partial charge in [-0.15, -0.1) is 0 Å². The van der Waals surface area contributed by atoms with Crippen molar-refractivity contribution < 1.29 is 9.53 Å². The second-order valence-electron chi connectivity index (χ2n) is 4.18. The van der Waals surface area contributed by atoms with Gasteiger partial charge >= 0.3 is 0 Å². The summed E-state index contributed by atoms with van der Waals surface area (Å²) in [4.78, 5) is 11.1. The number of halogens is 1. The zero-order valence-electron chi connectivity index (χ0n) is 9.21. The molecule has 2 nitrogen and oxygen atoms in total. The minimum atomic E-state index is -0.518. The molecule has 0 aromatic heterocycles. The van der Waals surface area contributed by atoms with Crippen molar-refractivity contribution in [1.82, 2.24) is 0 Å². The molecule has 3 heteroatoms. The molecule has 0 unspecified atom stereocenters. The summed E-state index contributed by atoms with van der Waals surface area (Å²) in [5, 5.41) is -0.307. The molecule has 1 aromatic rings. The van der Waals surface area contributed by atoms with Crippen LogP contribution < -0.4 is 4.74 Å². The Balaban J connectivity index is 2.77. The summed E-state index contributed by atoms with van der Waals surface area (Å²) < 4.78 is 5.05. The number of carbonyl (C=O) groups excluding carboxylic acids is 1. The van der Waals surface area contributed by atoms with Crippen molar-refractivity contribution in [3.8, 4) is 5.75 Å². The van der Waals surface area contributed by atoms with Gasteiger partial charge in [0, 0.05) is 5.41 Å². The Morgan fingerprint density at radius 2 is 1.87 bits per heavy atom. The maximum Gasteiger partial charge on any atom is 0.227 e. The lowest BCUT2D eigenvalue weighted by Crippen LogP contribution is -2.22. The van der Waals surface area contributed by atoms with Gasteiger partial charge in [-0.2, -0.15) is 0 Å². The average molecular weight is 227 g/mol. The minimum absolute atomic E-state index is 0.307. The molecular weight excluding hydrogens is 212 g/mol.